The standard InChI is InChI=1S/C33H34F5N3O3/c34-27-14-24(41-19-32(20-41)10-4-11-39(18-32)16-29(42)43)15-28(35)30(27)31-26-8-7-25(44-17-22-5-2-1-3-6-22)13-23(26)9-12-40(31)21-33(36,37)38/h1-3,5-8,13-15,31H,4,9-12,16-21H2,(H,42,43). The number of carbonyl (C=O) groups is 1. The molecule has 3 aliphatic heterocycles. The molecule has 6 rings (SSSR count). The van der Waals surface area contributed by atoms with Gasteiger partial charge in [0.2, 0.25) is 0 Å². The summed E-state index contributed by atoms with van der Waals surface area (Å²) in [6.45, 7) is 1.29. The number of piperidine rings is 1. The summed E-state index contributed by atoms with van der Waals surface area (Å²) >= 11 is 0. The summed E-state index contributed by atoms with van der Waals surface area (Å²) in [6.07, 6.45) is -2.54. The molecule has 0 bridgehead atoms. The molecule has 3 aromatic rings. The number of anilines is 1. The lowest BCUT2D eigenvalue weighted by Crippen LogP contribution is -2.63. The van der Waals surface area contributed by atoms with Gasteiger partial charge in [-0.25, -0.2) is 8.78 Å². The molecular weight excluding hydrogens is 581 g/mol. The summed E-state index contributed by atoms with van der Waals surface area (Å²) in [4.78, 5) is 16.0. The molecule has 234 valence electrons. The van der Waals surface area contributed by atoms with Crippen LogP contribution in [0.1, 0.15) is 41.1 Å². The molecule has 44 heavy (non-hydrogen) atoms. The normalized spacial score (nSPS) is 20.3. The predicted octanol–water partition coefficient (Wildman–Crippen LogP) is 6.04. The molecular formula is C33H34F5N3O3. The van der Waals surface area contributed by atoms with Gasteiger partial charge < -0.3 is 14.7 Å². The number of carboxylic acids is 1. The Morgan fingerprint density at radius 2 is 1.70 bits per heavy atom. The largest absolute Gasteiger partial charge is 0.489 e. The smallest absolute Gasteiger partial charge is 0.401 e. The van der Waals surface area contributed by atoms with Gasteiger partial charge in [0.15, 0.2) is 0 Å². The van der Waals surface area contributed by atoms with E-state index in [1.807, 2.05) is 40.1 Å². The van der Waals surface area contributed by atoms with Gasteiger partial charge in [-0.05, 0) is 66.8 Å². The van der Waals surface area contributed by atoms with Gasteiger partial charge in [-0.1, -0.05) is 36.4 Å². The van der Waals surface area contributed by atoms with Gasteiger partial charge in [0, 0.05) is 42.8 Å². The van der Waals surface area contributed by atoms with E-state index >= 15 is 8.78 Å². The highest BCUT2D eigenvalue weighted by atomic mass is 19.4. The Hall–Kier alpha value is -3.70. The van der Waals surface area contributed by atoms with E-state index in [0.29, 0.717) is 55.3 Å². The van der Waals surface area contributed by atoms with Crippen LogP contribution in [-0.2, 0) is 17.8 Å². The molecule has 1 spiro atoms. The van der Waals surface area contributed by atoms with Crippen LogP contribution >= 0.6 is 0 Å². The number of likely N-dealkylation sites (tertiary alicyclic amines) is 1. The summed E-state index contributed by atoms with van der Waals surface area (Å²) in [7, 11) is 0. The lowest BCUT2D eigenvalue weighted by Gasteiger charge is -2.55. The van der Waals surface area contributed by atoms with Gasteiger partial charge in [-0.3, -0.25) is 14.6 Å². The Balaban J connectivity index is 1.25. The maximum atomic E-state index is 15.9. The molecule has 0 saturated carbocycles. The molecule has 2 fully saturated rings. The van der Waals surface area contributed by atoms with E-state index in [4.69, 9.17) is 9.84 Å². The second-order valence-electron chi connectivity index (χ2n) is 12.3. The number of carboxylic acid groups (broad SMARTS) is 1. The molecule has 3 aromatic carbocycles. The van der Waals surface area contributed by atoms with Crippen molar-refractivity contribution in [2.45, 2.75) is 38.1 Å². The number of rotatable bonds is 8. The predicted molar refractivity (Wildman–Crippen MR) is 155 cm³/mol. The quantitative estimate of drug-likeness (QED) is 0.312. The summed E-state index contributed by atoms with van der Waals surface area (Å²) in [6, 6.07) is 15.7. The maximum absolute atomic E-state index is 15.9. The Labute approximate surface area is 252 Å². The molecule has 0 amide bonds. The van der Waals surface area contributed by atoms with E-state index in [2.05, 4.69) is 0 Å². The van der Waals surface area contributed by atoms with Crippen molar-refractivity contribution in [2.75, 3.05) is 50.7 Å². The van der Waals surface area contributed by atoms with Crippen molar-refractivity contribution in [2.24, 2.45) is 5.41 Å². The van der Waals surface area contributed by atoms with Crippen LogP contribution in [0, 0.1) is 17.0 Å². The molecule has 0 aromatic heterocycles. The lowest BCUT2D eigenvalue weighted by atomic mass is 9.73. The molecule has 0 aliphatic carbocycles. The number of aliphatic carboxylic acids is 1. The number of nitrogens with zero attached hydrogens (tertiary/aromatic N) is 3. The minimum Gasteiger partial charge on any atom is -0.489 e. The summed E-state index contributed by atoms with van der Waals surface area (Å²) in [5, 5.41) is 9.17. The minimum atomic E-state index is -4.55. The zero-order valence-corrected chi connectivity index (χ0v) is 24.1. The van der Waals surface area contributed by atoms with Crippen molar-refractivity contribution in [1.29, 1.82) is 0 Å². The number of alkyl halides is 3. The number of fused-ring (bicyclic) bond motifs is 1. The first-order valence-corrected chi connectivity index (χ1v) is 14.8. The van der Waals surface area contributed by atoms with E-state index in [-0.39, 0.29) is 24.9 Å². The van der Waals surface area contributed by atoms with E-state index in [1.54, 1.807) is 18.2 Å². The topological polar surface area (TPSA) is 56.3 Å². The highest BCUT2D eigenvalue weighted by molar-refractivity contribution is 5.69. The molecule has 1 N–H and O–H groups in total. The van der Waals surface area contributed by atoms with Crippen LogP contribution in [0.3, 0.4) is 0 Å². The minimum absolute atomic E-state index is 0.0264. The van der Waals surface area contributed by atoms with Gasteiger partial charge >= 0.3 is 12.1 Å². The van der Waals surface area contributed by atoms with Crippen molar-refractivity contribution in [3.05, 3.63) is 94.6 Å². The van der Waals surface area contributed by atoms with Crippen molar-refractivity contribution in [3.8, 4) is 5.75 Å². The van der Waals surface area contributed by atoms with Gasteiger partial charge in [-0.2, -0.15) is 13.2 Å². The highest BCUT2D eigenvalue weighted by Crippen LogP contribution is 2.44. The zero-order valence-electron chi connectivity index (χ0n) is 24.1. The summed E-state index contributed by atoms with van der Waals surface area (Å²) in [5.41, 5.74) is 1.84. The molecule has 1 atom stereocenters. The fourth-order valence-corrected chi connectivity index (χ4v) is 7.08. The Morgan fingerprint density at radius 3 is 2.39 bits per heavy atom. The number of halogens is 5. The SMILES string of the molecule is O=C(O)CN1CCCC2(C1)CN(c1cc(F)c(C3c4ccc(OCc5ccccc5)cc4CCN3CC(F)(F)F)c(F)c1)C2. The van der Waals surface area contributed by atoms with Gasteiger partial charge in [0.1, 0.15) is 24.0 Å². The van der Waals surface area contributed by atoms with E-state index < -0.39 is 41.9 Å². The van der Waals surface area contributed by atoms with E-state index in [0.717, 1.165) is 23.3 Å². The first-order chi connectivity index (χ1) is 21.0. The third kappa shape index (κ3) is 6.53. The zero-order chi connectivity index (χ0) is 31.1. The third-order valence-corrected chi connectivity index (χ3v) is 8.93. The van der Waals surface area contributed by atoms with Crippen LogP contribution in [0.25, 0.3) is 0 Å². The first-order valence-electron chi connectivity index (χ1n) is 14.8. The summed E-state index contributed by atoms with van der Waals surface area (Å²) in [5.74, 6) is -2.15. The van der Waals surface area contributed by atoms with E-state index in [1.165, 1.54) is 12.1 Å². The van der Waals surface area contributed by atoms with Crippen LogP contribution in [0.2, 0.25) is 0 Å². The Kier molecular flexibility index (Phi) is 8.27. The third-order valence-electron chi connectivity index (χ3n) is 8.93. The Morgan fingerprint density at radius 1 is 0.977 bits per heavy atom. The van der Waals surface area contributed by atoms with Crippen molar-refractivity contribution in [1.82, 2.24) is 9.80 Å². The van der Waals surface area contributed by atoms with Crippen molar-refractivity contribution >= 4 is 11.7 Å². The molecule has 6 nitrogen and oxygen atoms in total. The highest BCUT2D eigenvalue weighted by Gasteiger charge is 2.46. The first kappa shape index (κ1) is 30.3. The second kappa shape index (κ2) is 12.0. The van der Waals surface area contributed by atoms with Crippen LogP contribution in [0.4, 0.5) is 27.6 Å². The molecule has 1 unspecified atom stereocenters. The fourth-order valence-electron chi connectivity index (χ4n) is 7.08. The molecule has 3 aliphatic rings. The van der Waals surface area contributed by atoms with Crippen molar-refractivity contribution < 1.29 is 36.6 Å². The average molecular weight is 616 g/mol. The number of ether oxygens (including phenoxy) is 1. The van der Waals surface area contributed by atoms with Gasteiger partial charge in [-0.15, -0.1) is 0 Å². The van der Waals surface area contributed by atoms with Crippen LogP contribution in [0.5, 0.6) is 5.75 Å². The van der Waals surface area contributed by atoms with Gasteiger partial charge in [0.25, 0.3) is 0 Å². The van der Waals surface area contributed by atoms with E-state index in [9.17, 15) is 18.0 Å². The fraction of sp³-hybridized carbons (Fsp3) is 0.424. The monoisotopic (exact) mass is 615 g/mol. The summed E-state index contributed by atoms with van der Waals surface area (Å²) < 4.78 is 78.6. The molecule has 2 saturated heterocycles. The Bertz CT molecular complexity index is 1490. The van der Waals surface area contributed by atoms with Crippen LogP contribution in [0.15, 0.2) is 60.7 Å². The number of hydrogen-bond acceptors (Lipinski definition) is 5. The second-order valence-corrected chi connectivity index (χ2v) is 12.3. The van der Waals surface area contributed by atoms with Crippen LogP contribution in [-0.4, -0.2) is 72.9 Å². The van der Waals surface area contributed by atoms with Gasteiger partial charge in [0.05, 0.1) is 19.1 Å². The average Bonchev–Trinajstić information content (AvgIpc) is 2.95. The molecule has 11 heteroatoms. The molecule has 3 heterocycles. The maximum Gasteiger partial charge on any atom is 0.401 e. The number of hydrogen-bond donors (Lipinski definition) is 1. The molecule has 0 radical (unpaired) electrons. The number of benzene rings is 3. The lowest BCUT2D eigenvalue weighted by molar-refractivity contribution is -0.150. The van der Waals surface area contributed by atoms with Crippen molar-refractivity contribution in [3.63, 3.8) is 0 Å². The van der Waals surface area contributed by atoms with Crippen LogP contribution < -0.4 is 9.64 Å².